The molecule has 3 rings (SSSR count). The molecule has 0 amide bonds. The predicted molar refractivity (Wildman–Crippen MR) is 72.6 cm³/mol. The van der Waals surface area contributed by atoms with Crippen LogP contribution in [-0.4, -0.2) is 25.1 Å². The maximum atomic E-state index is 10.5. The third kappa shape index (κ3) is 2.79. The van der Waals surface area contributed by atoms with E-state index < -0.39 is 4.92 Å². The van der Waals surface area contributed by atoms with Gasteiger partial charge in [0.15, 0.2) is 0 Å². The Balaban J connectivity index is 1.69. The minimum atomic E-state index is -0.466. The molecule has 0 unspecified atom stereocenters. The van der Waals surface area contributed by atoms with E-state index in [0.717, 1.165) is 18.7 Å². The molecule has 2 heterocycles. The van der Waals surface area contributed by atoms with E-state index in [1.807, 2.05) is 0 Å². The van der Waals surface area contributed by atoms with Crippen LogP contribution < -0.4 is 0 Å². The van der Waals surface area contributed by atoms with Crippen LogP contribution in [0.1, 0.15) is 37.4 Å². The molecule has 2 aromatic heterocycles. The van der Waals surface area contributed by atoms with Crippen molar-refractivity contribution in [1.29, 1.82) is 0 Å². The van der Waals surface area contributed by atoms with E-state index in [1.165, 1.54) is 36.9 Å². The second-order valence-electron chi connectivity index (χ2n) is 4.70. The summed E-state index contributed by atoms with van der Waals surface area (Å²) in [6, 6.07) is 3.04. The van der Waals surface area contributed by atoms with Crippen LogP contribution in [0.15, 0.2) is 28.5 Å². The highest BCUT2D eigenvalue weighted by Gasteiger charge is 2.21. The van der Waals surface area contributed by atoms with Gasteiger partial charge in [0.05, 0.1) is 4.92 Å². The number of pyridine rings is 1. The SMILES string of the molecule is O=[N+]([O-])c1ccc(Sc2n[nH]c(C3CCCC3)n2)nc1. The van der Waals surface area contributed by atoms with Gasteiger partial charge in [0.25, 0.3) is 5.69 Å². The quantitative estimate of drug-likeness (QED) is 0.687. The van der Waals surface area contributed by atoms with Gasteiger partial charge in [-0.25, -0.2) is 9.97 Å². The minimum Gasteiger partial charge on any atom is -0.262 e. The average molecular weight is 291 g/mol. The van der Waals surface area contributed by atoms with Gasteiger partial charge in [-0.2, -0.15) is 0 Å². The van der Waals surface area contributed by atoms with Crippen LogP contribution in [0.2, 0.25) is 0 Å². The number of H-pyrrole nitrogens is 1. The summed E-state index contributed by atoms with van der Waals surface area (Å²) in [5, 5.41) is 18.9. The fourth-order valence-electron chi connectivity index (χ4n) is 2.32. The molecule has 1 fully saturated rings. The molecule has 8 heteroatoms. The largest absolute Gasteiger partial charge is 0.287 e. The van der Waals surface area contributed by atoms with Crippen molar-refractivity contribution in [2.24, 2.45) is 0 Å². The molecule has 1 aliphatic rings. The monoisotopic (exact) mass is 291 g/mol. The van der Waals surface area contributed by atoms with Crippen molar-refractivity contribution < 1.29 is 4.92 Å². The number of hydrogen-bond acceptors (Lipinski definition) is 6. The molecule has 7 nitrogen and oxygen atoms in total. The number of hydrogen-bond donors (Lipinski definition) is 1. The first-order valence-electron chi connectivity index (χ1n) is 6.43. The zero-order valence-corrected chi connectivity index (χ0v) is 11.5. The molecule has 0 atom stereocenters. The summed E-state index contributed by atoms with van der Waals surface area (Å²) in [5.74, 6) is 1.42. The minimum absolute atomic E-state index is 0.0176. The van der Waals surface area contributed by atoms with E-state index >= 15 is 0 Å². The van der Waals surface area contributed by atoms with Gasteiger partial charge >= 0.3 is 0 Å². The molecule has 1 N–H and O–H groups in total. The van der Waals surface area contributed by atoms with Gasteiger partial charge in [-0.3, -0.25) is 15.2 Å². The van der Waals surface area contributed by atoms with Crippen LogP contribution in [0.4, 0.5) is 5.69 Å². The molecular formula is C12H13N5O2S. The van der Waals surface area contributed by atoms with Crippen molar-refractivity contribution in [1.82, 2.24) is 20.2 Å². The lowest BCUT2D eigenvalue weighted by atomic mass is 10.1. The topological polar surface area (TPSA) is 97.6 Å². The lowest BCUT2D eigenvalue weighted by Gasteiger charge is -2.01. The zero-order chi connectivity index (χ0) is 13.9. The number of rotatable bonds is 4. The van der Waals surface area contributed by atoms with Gasteiger partial charge in [0.1, 0.15) is 17.0 Å². The van der Waals surface area contributed by atoms with Gasteiger partial charge in [-0.05, 0) is 30.7 Å². The predicted octanol–water partition coefficient (Wildman–Crippen LogP) is 2.92. The van der Waals surface area contributed by atoms with Crippen LogP contribution in [0.5, 0.6) is 0 Å². The summed E-state index contributed by atoms with van der Waals surface area (Å²) in [4.78, 5) is 18.6. The lowest BCUT2D eigenvalue weighted by molar-refractivity contribution is -0.385. The molecular weight excluding hydrogens is 278 g/mol. The van der Waals surface area contributed by atoms with Crippen LogP contribution in [0, 0.1) is 10.1 Å². The maximum absolute atomic E-state index is 10.5. The highest BCUT2D eigenvalue weighted by molar-refractivity contribution is 7.99. The van der Waals surface area contributed by atoms with E-state index in [2.05, 4.69) is 20.2 Å². The summed E-state index contributed by atoms with van der Waals surface area (Å²) < 4.78 is 0. The van der Waals surface area contributed by atoms with Gasteiger partial charge in [0.2, 0.25) is 5.16 Å². The van der Waals surface area contributed by atoms with Crippen LogP contribution >= 0.6 is 11.8 Å². The van der Waals surface area contributed by atoms with Crippen molar-refractivity contribution in [3.05, 3.63) is 34.3 Å². The molecule has 1 aliphatic carbocycles. The summed E-state index contributed by atoms with van der Waals surface area (Å²) in [6.45, 7) is 0. The Morgan fingerprint density at radius 2 is 2.15 bits per heavy atom. The molecule has 0 radical (unpaired) electrons. The Bertz CT molecular complexity index is 607. The third-order valence-electron chi connectivity index (χ3n) is 3.35. The molecule has 1 saturated carbocycles. The second kappa shape index (κ2) is 5.58. The van der Waals surface area contributed by atoms with E-state index in [9.17, 15) is 10.1 Å². The normalized spacial score (nSPS) is 15.6. The molecule has 0 aliphatic heterocycles. The fraction of sp³-hybridized carbons (Fsp3) is 0.417. The van der Waals surface area contributed by atoms with Crippen molar-refractivity contribution in [3.63, 3.8) is 0 Å². The first-order valence-corrected chi connectivity index (χ1v) is 7.24. The Hall–Kier alpha value is -1.96. The number of nitrogens with one attached hydrogen (secondary N) is 1. The highest BCUT2D eigenvalue weighted by Crippen LogP contribution is 2.33. The maximum Gasteiger partial charge on any atom is 0.287 e. The lowest BCUT2D eigenvalue weighted by Crippen LogP contribution is -1.94. The molecule has 0 saturated heterocycles. The van der Waals surface area contributed by atoms with Crippen molar-refractivity contribution in [2.45, 2.75) is 41.8 Å². The summed E-state index contributed by atoms with van der Waals surface area (Å²) in [5.41, 5.74) is -0.0176. The molecule has 0 aromatic carbocycles. The fourth-order valence-corrected chi connectivity index (χ4v) is 2.98. The van der Waals surface area contributed by atoms with Crippen molar-refractivity contribution in [2.75, 3.05) is 0 Å². The standard InChI is InChI=1S/C12H13N5O2S/c18-17(19)9-5-6-10(13-7-9)20-12-14-11(15-16-12)8-3-1-2-4-8/h5-8H,1-4H2,(H,14,15,16). The summed E-state index contributed by atoms with van der Waals surface area (Å²) >= 11 is 1.30. The van der Waals surface area contributed by atoms with Crippen LogP contribution in [0.25, 0.3) is 0 Å². The van der Waals surface area contributed by atoms with Crippen LogP contribution in [-0.2, 0) is 0 Å². The summed E-state index contributed by atoms with van der Waals surface area (Å²) in [6.07, 6.45) is 6.06. The number of nitro groups is 1. The van der Waals surface area contributed by atoms with E-state index in [4.69, 9.17) is 0 Å². The number of aromatic nitrogens is 4. The van der Waals surface area contributed by atoms with Crippen LogP contribution in [0.3, 0.4) is 0 Å². The highest BCUT2D eigenvalue weighted by atomic mass is 32.2. The average Bonchev–Trinajstić information content (AvgIpc) is 3.09. The molecule has 20 heavy (non-hydrogen) atoms. The summed E-state index contributed by atoms with van der Waals surface area (Å²) in [7, 11) is 0. The second-order valence-corrected chi connectivity index (χ2v) is 5.69. The molecule has 0 spiro atoms. The van der Waals surface area contributed by atoms with Crippen molar-refractivity contribution in [3.8, 4) is 0 Å². The van der Waals surface area contributed by atoms with Crippen molar-refractivity contribution >= 4 is 17.4 Å². The number of aromatic amines is 1. The first kappa shape index (κ1) is 13.0. The van der Waals surface area contributed by atoms with Gasteiger partial charge in [-0.15, -0.1) is 5.10 Å². The van der Waals surface area contributed by atoms with Gasteiger partial charge in [0, 0.05) is 12.0 Å². The third-order valence-corrected chi connectivity index (χ3v) is 4.17. The smallest absolute Gasteiger partial charge is 0.262 e. The van der Waals surface area contributed by atoms with E-state index in [0.29, 0.717) is 16.1 Å². The Kier molecular flexibility index (Phi) is 3.64. The molecule has 0 bridgehead atoms. The zero-order valence-electron chi connectivity index (χ0n) is 10.7. The van der Waals surface area contributed by atoms with E-state index in [1.54, 1.807) is 6.07 Å². The van der Waals surface area contributed by atoms with Gasteiger partial charge < -0.3 is 0 Å². The molecule has 2 aromatic rings. The Labute approximate surface area is 119 Å². The van der Waals surface area contributed by atoms with Gasteiger partial charge in [-0.1, -0.05) is 12.8 Å². The Morgan fingerprint density at radius 3 is 2.80 bits per heavy atom. The Morgan fingerprint density at radius 1 is 1.35 bits per heavy atom. The first-order chi connectivity index (χ1) is 9.72. The number of nitrogens with zero attached hydrogens (tertiary/aromatic N) is 4. The molecule has 104 valence electrons. The van der Waals surface area contributed by atoms with E-state index in [-0.39, 0.29) is 5.69 Å².